The van der Waals surface area contributed by atoms with Crippen LogP contribution in [0.5, 0.6) is 5.75 Å². The highest BCUT2D eigenvalue weighted by Gasteiger charge is 2.25. The molecule has 0 unspecified atom stereocenters. The molecule has 2 aromatic rings. The first kappa shape index (κ1) is 22.8. The van der Waals surface area contributed by atoms with E-state index < -0.39 is 10.0 Å². The number of hydrogen-bond donors (Lipinski definition) is 1. The van der Waals surface area contributed by atoms with Crippen molar-refractivity contribution in [2.45, 2.75) is 18.2 Å². The third-order valence-corrected chi connectivity index (χ3v) is 6.68. The highest BCUT2D eigenvalue weighted by molar-refractivity contribution is 7.89. The Balaban J connectivity index is 1.60. The zero-order valence-electron chi connectivity index (χ0n) is 17.7. The Morgan fingerprint density at radius 3 is 2.35 bits per heavy atom. The van der Waals surface area contributed by atoms with Crippen LogP contribution in [-0.2, 0) is 21.2 Å². The van der Waals surface area contributed by atoms with Crippen LogP contribution in [-0.4, -0.2) is 69.9 Å². The lowest BCUT2D eigenvalue weighted by atomic mass is 10.1. The minimum atomic E-state index is -3.63. The number of amides is 2. The number of carbonyl (C=O) groups is 2. The van der Waals surface area contributed by atoms with Gasteiger partial charge in [0.05, 0.1) is 18.4 Å². The Labute approximate surface area is 182 Å². The molecule has 31 heavy (non-hydrogen) atoms. The summed E-state index contributed by atoms with van der Waals surface area (Å²) < 4.78 is 32.0. The van der Waals surface area contributed by atoms with Crippen LogP contribution < -0.4 is 9.46 Å². The lowest BCUT2D eigenvalue weighted by Crippen LogP contribution is -2.51. The number of rotatable bonds is 7. The van der Waals surface area contributed by atoms with Gasteiger partial charge in [-0.1, -0.05) is 25.1 Å². The topological polar surface area (TPSA) is 96.0 Å². The molecule has 1 aliphatic heterocycles. The molecule has 0 spiro atoms. The fraction of sp³-hybridized carbons (Fsp3) is 0.364. The summed E-state index contributed by atoms with van der Waals surface area (Å²) in [6, 6.07) is 13.4. The maximum atomic E-state index is 12.9. The molecule has 0 aliphatic carbocycles. The second-order valence-electron chi connectivity index (χ2n) is 7.23. The number of benzene rings is 2. The molecule has 0 aromatic heterocycles. The van der Waals surface area contributed by atoms with Gasteiger partial charge in [-0.3, -0.25) is 9.59 Å². The molecule has 2 amide bonds. The summed E-state index contributed by atoms with van der Waals surface area (Å²) in [5.74, 6) is 0.464. The quantitative estimate of drug-likeness (QED) is 0.697. The molecule has 0 radical (unpaired) electrons. The van der Waals surface area contributed by atoms with Crippen LogP contribution in [0.3, 0.4) is 0 Å². The van der Waals surface area contributed by atoms with Gasteiger partial charge >= 0.3 is 0 Å². The molecule has 0 bridgehead atoms. The smallest absolute Gasteiger partial charge is 0.254 e. The van der Waals surface area contributed by atoms with E-state index in [1.165, 1.54) is 12.1 Å². The molecule has 9 heteroatoms. The molecule has 2 aromatic carbocycles. The molecule has 1 N–H and O–H groups in total. The normalized spacial score (nSPS) is 14.4. The van der Waals surface area contributed by atoms with Gasteiger partial charge in [0.2, 0.25) is 15.9 Å². The largest absolute Gasteiger partial charge is 0.497 e. The van der Waals surface area contributed by atoms with Crippen LogP contribution in [0, 0.1) is 0 Å². The van der Waals surface area contributed by atoms with Crippen LogP contribution in [0.15, 0.2) is 53.4 Å². The van der Waals surface area contributed by atoms with Gasteiger partial charge in [-0.05, 0) is 35.9 Å². The molecule has 8 nitrogen and oxygen atoms in total. The first-order valence-corrected chi connectivity index (χ1v) is 11.6. The maximum absolute atomic E-state index is 12.9. The summed E-state index contributed by atoms with van der Waals surface area (Å²) in [5, 5.41) is 0. The first-order valence-electron chi connectivity index (χ1n) is 10.1. The zero-order valence-corrected chi connectivity index (χ0v) is 18.5. The van der Waals surface area contributed by atoms with Crippen LogP contribution >= 0.6 is 0 Å². The van der Waals surface area contributed by atoms with Gasteiger partial charge in [0.15, 0.2) is 0 Å². The standard InChI is InChI=1S/C22H27N3O5S/c1-3-23-31(28,29)20-9-5-7-18(16-20)22(27)25-12-10-24(11-13-25)21(26)15-17-6-4-8-19(14-17)30-2/h4-9,14,16,23H,3,10-13,15H2,1-2H3. The van der Waals surface area contributed by atoms with E-state index in [1.54, 1.807) is 36.0 Å². The number of nitrogens with one attached hydrogen (secondary N) is 1. The second kappa shape index (κ2) is 9.93. The predicted octanol–water partition coefficient (Wildman–Crippen LogP) is 1.52. The Bertz CT molecular complexity index is 1050. The predicted molar refractivity (Wildman–Crippen MR) is 116 cm³/mol. The molecular weight excluding hydrogens is 418 g/mol. The van der Waals surface area contributed by atoms with Gasteiger partial charge in [-0.25, -0.2) is 13.1 Å². The van der Waals surface area contributed by atoms with Crippen molar-refractivity contribution in [1.29, 1.82) is 0 Å². The van der Waals surface area contributed by atoms with Crippen molar-refractivity contribution in [1.82, 2.24) is 14.5 Å². The van der Waals surface area contributed by atoms with E-state index >= 15 is 0 Å². The van der Waals surface area contributed by atoms with E-state index in [0.29, 0.717) is 37.5 Å². The average molecular weight is 446 g/mol. The highest BCUT2D eigenvalue weighted by Crippen LogP contribution is 2.16. The number of hydrogen-bond acceptors (Lipinski definition) is 5. The molecule has 1 heterocycles. The van der Waals surface area contributed by atoms with E-state index in [-0.39, 0.29) is 29.7 Å². The summed E-state index contributed by atoms with van der Waals surface area (Å²) in [5.41, 5.74) is 1.19. The summed E-state index contributed by atoms with van der Waals surface area (Å²) >= 11 is 0. The van der Waals surface area contributed by atoms with Gasteiger partial charge in [-0.2, -0.15) is 0 Å². The minimum Gasteiger partial charge on any atom is -0.497 e. The third kappa shape index (κ3) is 5.62. The fourth-order valence-electron chi connectivity index (χ4n) is 3.48. The van der Waals surface area contributed by atoms with E-state index in [0.717, 1.165) is 5.56 Å². The second-order valence-corrected chi connectivity index (χ2v) is 9.00. The van der Waals surface area contributed by atoms with Crippen molar-refractivity contribution in [3.63, 3.8) is 0 Å². The molecule has 1 saturated heterocycles. The van der Waals surface area contributed by atoms with Crippen LogP contribution in [0.1, 0.15) is 22.8 Å². The number of methoxy groups -OCH3 is 1. The Morgan fingerprint density at radius 2 is 1.68 bits per heavy atom. The number of sulfonamides is 1. The van der Waals surface area contributed by atoms with Crippen molar-refractivity contribution in [3.05, 3.63) is 59.7 Å². The van der Waals surface area contributed by atoms with E-state index in [1.807, 2.05) is 24.3 Å². The van der Waals surface area contributed by atoms with Crippen molar-refractivity contribution in [2.24, 2.45) is 0 Å². The van der Waals surface area contributed by atoms with Gasteiger partial charge in [0.1, 0.15) is 5.75 Å². The van der Waals surface area contributed by atoms with Crippen LogP contribution in [0.4, 0.5) is 0 Å². The van der Waals surface area contributed by atoms with Gasteiger partial charge < -0.3 is 14.5 Å². The summed E-state index contributed by atoms with van der Waals surface area (Å²) in [4.78, 5) is 29.0. The Kier molecular flexibility index (Phi) is 7.29. The molecule has 166 valence electrons. The Morgan fingerprint density at radius 1 is 1.00 bits per heavy atom. The van der Waals surface area contributed by atoms with Crippen molar-refractivity contribution in [3.8, 4) is 5.75 Å². The van der Waals surface area contributed by atoms with Crippen LogP contribution in [0.25, 0.3) is 0 Å². The summed E-state index contributed by atoms with van der Waals surface area (Å²) in [6.07, 6.45) is 0.273. The highest BCUT2D eigenvalue weighted by atomic mass is 32.2. The first-order chi connectivity index (χ1) is 14.8. The summed E-state index contributed by atoms with van der Waals surface area (Å²) in [6.45, 7) is 3.63. The lowest BCUT2D eigenvalue weighted by Gasteiger charge is -2.35. The third-order valence-electron chi connectivity index (χ3n) is 5.13. The van der Waals surface area contributed by atoms with E-state index in [4.69, 9.17) is 4.74 Å². The molecule has 0 saturated carbocycles. The van der Waals surface area contributed by atoms with Crippen LogP contribution in [0.2, 0.25) is 0 Å². The number of piperazine rings is 1. The van der Waals surface area contributed by atoms with Gasteiger partial charge in [-0.15, -0.1) is 0 Å². The molecular formula is C22H27N3O5S. The van der Waals surface area contributed by atoms with Gasteiger partial charge in [0, 0.05) is 38.3 Å². The lowest BCUT2D eigenvalue weighted by molar-refractivity contribution is -0.131. The van der Waals surface area contributed by atoms with Crippen molar-refractivity contribution in [2.75, 3.05) is 39.8 Å². The monoisotopic (exact) mass is 445 g/mol. The Hall–Kier alpha value is -2.91. The fourth-order valence-corrected chi connectivity index (χ4v) is 4.57. The minimum absolute atomic E-state index is 0.000849. The summed E-state index contributed by atoms with van der Waals surface area (Å²) in [7, 11) is -2.05. The average Bonchev–Trinajstić information content (AvgIpc) is 2.79. The molecule has 3 rings (SSSR count). The van der Waals surface area contributed by atoms with Crippen molar-refractivity contribution >= 4 is 21.8 Å². The van der Waals surface area contributed by atoms with E-state index in [2.05, 4.69) is 4.72 Å². The molecule has 1 aliphatic rings. The molecule has 1 fully saturated rings. The van der Waals surface area contributed by atoms with E-state index in [9.17, 15) is 18.0 Å². The van der Waals surface area contributed by atoms with Gasteiger partial charge in [0.25, 0.3) is 5.91 Å². The van der Waals surface area contributed by atoms with Crippen molar-refractivity contribution < 1.29 is 22.7 Å². The maximum Gasteiger partial charge on any atom is 0.254 e. The SMILES string of the molecule is CCNS(=O)(=O)c1cccc(C(=O)N2CCN(C(=O)Cc3cccc(OC)c3)CC2)c1. The zero-order chi connectivity index (χ0) is 22.4. The number of ether oxygens (including phenoxy) is 1. The molecule has 0 atom stereocenters. The number of carbonyl (C=O) groups excluding carboxylic acids is 2. The number of nitrogens with zero attached hydrogens (tertiary/aromatic N) is 2.